The SMILES string of the molecule is CNS(=O)(=O)c1ccc(SCC(F)(F)F)c(Nc2ncnc3cc(OC)c(OC)cc23)c1. The number of nitrogens with zero attached hydrogens (tertiary/aromatic N) is 2. The first-order valence-corrected chi connectivity index (χ1v) is 11.5. The molecule has 0 radical (unpaired) electrons. The van der Waals surface area contributed by atoms with Gasteiger partial charge < -0.3 is 14.8 Å². The summed E-state index contributed by atoms with van der Waals surface area (Å²) in [6.45, 7) is 0. The van der Waals surface area contributed by atoms with Crippen LogP contribution in [0.2, 0.25) is 0 Å². The smallest absolute Gasteiger partial charge is 0.398 e. The maximum atomic E-state index is 12.8. The standard InChI is InChI=1S/C19H19F3N4O4S2/c1-23-32(27,28)11-4-5-17(31-9-19(20,21)22)14(6-11)26-18-12-7-15(29-2)16(30-3)8-13(12)24-10-25-18/h4-8,10,23H,9H2,1-3H3,(H,24,25,26). The van der Waals surface area contributed by atoms with E-state index >= 15 is 0 Å². The number of nitrogens with one attached hydrogen (secondary N) is 2. The van der Waals surface area contributed by atoms with Crippen LogP contribution in [0.4, 0.5) is 24.7 Å². The lowest BCUT2D eigenvalue weighted by molar-refractivity contribution is -0.105. The molecule has 2 aromatic carbocycles. The molecule has 0 saturated heterocycles. The van der Waals surface area contributed by atoms with Crippen LogP contribution in [0.15, 0.2) is 46.5 Å². The van der Waals surface area contributed by atoms with Crippen LogP contribution in [0.25, 0.3) is 10.9 Å². The highest BCUT2D eigenvalue weighted by Crippen LogP contribution is 2.38. The number of thioether (sulfide) groups is 1. The normalized spacial score (nSPS) is 12.1. The molecule has 8 nitrogen and oxygen atoms in total. The summed E-state index contributed by atoms with van der Waals surface area (Å²) in [5, 5.41) is 3.45. The molecular weight excluding hydrogens is 469 g/mol. The van der Waals surface area contributed by atoms with Crippen LogP contribution in [-0.4, -0.2) is 51.6 Å². The molecule has 0 fully saturated rings. The molecule has 0 aliphatic heterocycles. The summed E-state index contributed by atoms with van der Waals surface area (Å²) >= 11 is 0.528. The number of benzene rings is 2. The first-order valence-electron chi connectivity index (χ1n) is 8.99. The molecule has 0 aliphatic rings. The molecule has 2 N–H and O–H groups in total. The van der Waals surface area contributed by atoms with Crippen molar-refractivity contribution >= 4 is 44.2 Å². The Labute approximate surface area is 186 Å². The van der Waals surface area contributed by atoms with Gasteiger partial charge >= 0.3 is 6.18 Å². The summed E-state index contributed by atoms with van der Waals surface area (Å²) < 4.78 is 75.6. The molecule has 1 heterocycles. The van der Waals surface area contributed by atoms with Crippen LogP contribution in [0.1, 0.15) is 0 Å². The van der Waals surface area contributed by atoms with Crippen molar-refractivity contribution in [3.8, 4) is 11.5 Å². The van der Waals surface area contributed by atoms with Crippen molar-refractivity contribution in [2.24, 2.45) is 0 Å². The Morgan fingerprint density at radius 1 is 1.06 bits per heavy atom. The topological polar surface area (TPSA) is 102 Å². The fourth-order valence-electron chi connectivity index (χ4n) is 2.79. The van der Waals surface area contributed by atoms with Crippen LogP contribution in [0, 0.1) is 0 Å². The molecular formula is C19H19F3N4O4S2. The number of anilines is 2. The monoisotopic (exact) mass is 488 g/mol. The summed E-state index contributed by atoms with van der Waals surface area (Å²) in [4.78, 5) is 8.45. The molecule has 13 heteroatoms. The van der Waals surface area contributed by atoms with E-state index < -0.39 is 22.0 Å². The molecule has 3 aromatic rings. The van der Waals surface area contributed by atoms with Crippen LogP contribution in [0.3, 0.4) is 0 Å². The van der Waals surface area contributed by atoms with Crippen LogP contribution >= 0.6 is 11.8 Å². The predicted molar refractivity (Wildman–Crippen MR) is 115 cm³/mol. The summed E-state index contributed by atoms with van der Waals surface area (Å²) in [6, 6.07) is 7.05. The number of sulfonamides is 1. The highest BCUT2D eigenvalue weighted by molar-refractivity contribution is 7.99. The summed E-state index contributed by atoms with van der Waals surface area (Å²) in [6.07, 6.45) is -3.13. The van der Waals surface area contributed by atoms with Crippen LogP contribution < -0.4 is 19.5 Å². The molecule has 172 valence electrons. The average Bonchev–Trinajstić information content (AvgIpc) is 2.76. The number of hydrogen-bond acceptors (Lipinski definition) is 8. The van der Waals surface area contributed by atoms with E-state index in [1.165, 1.54) is 45.8 Å². The van der Waals surface area contributed by atoms with Gasteiger partial charge in [-0.15, -0.1) is 11.8 Å². The molecule has 3 rings (SSSR count). The second-order valence-electron chi connectivity index (χ2n) is 6.34. The molecule has 1 aromatic heterocycles. The first kappa shape index (κ1) is 23.9. The van der Waals surface area contributed by atoms with E-state index in [0.29, 0.717) is 34.2 Å². The van der Waals surface area contributed by atoms with Gasteiger partial charge in [0.15, 0.2) is 11.5 Å². The van der Waals surface area contributed by atoms with Gasteiger partial charge in [0.05, 0.1) is 36.1 Å². The number of hydrogen-bond donors (Lipinski definition) is 2. The number of rotatable bonds is 8. The largest absolute Gasteiger partial charge is 0.493 e. The third-order valence-electron chi connectivity index (χ3n) is 4.32. The quantitative estimate of drug-likeness (QED) is 0.460. The number of methoxy groups -OCH3 is 2. The molecule has 0 bridgehead atoms. The van der Waals surface area contributed by atoms with Crippen molar-refractivity contribution in [2.75, 3.05) is 32.3 Å². The molecule has 0 saturated carbocycles. The number of alkyl halides is 3. The number of ether oxygens (including phenoxy) is 2. The molecule has 0 atom stereocenters. The Balaban J connectivity index is 2.11. The van der Waals surface area contributed by atoms with E-state index in [9.17, 15) is 21.6 Å². The van der Waals surface area contributed by atoms with E-state index in [4.69, 9.17) is 9.47 Å². The van der Waals surface area contributed by atoms with Gasteiger partial charge in [0, 0.05) is 16.3 Å². The Bertz CT molecular complexity index is 1240. The van der Waals surface area contributed by atoms with Gasteiger partial charge in [-0.05, 0) is 31.3 Å². The Morgan fingerprint density at radius 2 is 1.75 bits per heavy atom. The van der Waals surface area contributed by atoms with E-state index in [2.05, 4.69) is 20.0 Å². The number of halogens is 3. The van der Waals surface area contributed by atoms with Gasteiger partial charge in [0.1, 0.15) is 12.1 Å². The molecule has 0 aliphatic carbocycles. The summed E-state index contributed by atoms with van der Waals surface area (Å²) in [7, 11) is 0.347. The Hall–Kier alpha value is -2.77. The third-order valence-corrected chi connectivity index (χ3v) is 6.87. The minimum atomic E-state index is -4.40. The van der Waals surface area contributed by atoms with Crippen molar-refractivity contribution in [1.82, 2.24) is 14.7 Å². The minimum absolute atomic E-state index is 0.114. The van der Waals surface area contributed by atoms with Gasteiger partial charge in [-0.3, -0.25) is 0 Å². The van der Waals surface area contributed by atoms with Gasteiger partial charge in [-0.2, -0.15) is 13.2 Å². The van der Waals surface area contributed by atoms with Crippen LogP contribution in [0.5, 0.6) is 11.5 Å². The zero-order chi connectivity index (χ0) is 23.5. The zero-order valence-corrected chi connectivity index (χ0v) is 18.8. The highest BCUT2D eigenvalue weighted by Gasteiger charge is 2.28. The maximum absolute atomic E-state index is 12.8. The lowest BCUT2D eigenvalue weighted by Crippen LogP contribution is -2.18. The first-order chi connectivity index (χ1) is 15.1. The fraction of sp³-hybridized carbons (Fsp3) is 0.263. The summed E-state index contributed by atoms with van der Waals surface area (Å²) in [5.41, 5.74) is 0.633. The second-order valence-corrected chi connectivity index (χ2v) is 9.24. The van der Waals surface area contributed by atoms with E-state index in [1.807, 2.05) is 0 Å². The van der Waals surface area contributed by atoms with Gasteiger partial charge in [0.2, 0.25) is 10.0 Å². The second kappa shape index (κ2) is 9.38. The summed E-state index contributed by atoms with van der Waals surface area (Å²) in [5.74, 6) is -0.0527. The molecule has 0 spiro atoms. The lowest BCUT2D eigenvalue weighted by Gasteiger charge is -2.16. The zero-order valence-electron chi connectivity index (χ0n) is 17.1. The number of aromatic nitrogens is 2. The van der Waals surface area contributed by atoms with Crippen molar-refractivity contribution in [2.45, 2.75) is 16.0 Å². The van der Waals surface area contributed by atoms with E-state index in [-0.39, 0.29) is 21.3 Å². The lowest BCUT2D eigenvalue weighted by atomic mass is 10.2. The Morgan fingerprint density at radius 3 is 2.38 bits per heavy atom. The highest BCUT2D eigenvalue weighted by atomic mass is 32.2. The minimum Gasteiger partial charge on any atom is -0.493 e. The molecule has 0 amide bonds. The third kappa shape index (κ3) is 5.34. The van der Waals surface area contributed by atoms with Crippen LogP contribution in [-0.2, 0) is 10.0 Å². The van der Waals surface area contributed by atoms with Gasteiger partial charge in [-0.25, -0.2) is 23.1 Å². The average molecular weight is 489 g/mol. The van der Waals surface area contributed by atoms with Crippen molar-refractivity contribution in [3.05, 3.63) is 36.7 Å². The predicted octanol–water partition coefficient (Wildman–Crippen LogP) is 3.95. The Kier molecular flexibility index (Phi) is 7.00. The van der Waals surface area contributed by atoms with Crippen molar-refractivity contribution in [3.63, 3.8) is 0 Å². The van der Waals surface area contributed by atoms with E-state index in [1.54, 1.807) is 12.1 Å². The van der Waals surface area contributed by atoms with Crippen molar-refractivity contribution < 1.29 is 31.1 Å². The number of fused-ring (bicyclic) bond motifs is 1. The molecule has 0 unspecified atom stereocenters. The maximum Gasteiger partial charge on any atom is 0.398 e. The van der Waals surface area contributed by atoms with Gasteiger partial charge in [-0.1, -0.05) is 0 Å². The van der Waals surface area contributed by atoms with Crippen molar-refractivity contribution in [1.29, 1.82) is 0 Å². The van der Waals surface area contributed by atoms with Gasteiger partial charge in [0.25, 0.3) is 0 Å². The fourth-order valence-corrected chi connectivity index (χ4v) is 4.29. The molecule has 32 heavy (non-hydrogen) atoms. The van der Waals surface area contributed by atoms with E-state index in [0.717, 1.165) is 0 Å².